The van der Waals surface area contributed by atoms with Crippen molar-refractivity contribution in [1.82, 2.24) is 0 Å². The van der Waals surface area contributed by atoms with Crippen molar-refractivity contribution in [3.8, 4) is 0 Å². The first-order valence-electron chi connectivity index (χ1n) is 7.10. The molecule has 0 radical (unpaired) electrons. The van der Waals surface area contributed by atoms with E-state index < -0.39 is 0 Å². The second kappa shape index (κ2) is 6.58. The third-order valence-corrected chi connectivity index (χ3v) is 3.84. The van der Waals surface area contributed by atoms with E-state index in [1.807, 2.05) is 49.4 Å². The highest BCUT2D eigenvalue weighted by Gasteiger charge is 2.08. The number of amides is 1. The Hall–Kier alpha value is -2.72. The summed E-state index contributed by atoms with van der Waals surface area (Å²) in [5, 5.41) is 6.80. The Kier molecular flexibility index (Phi) is 4.35. The molecule has 0 aliphatic carbocycles. The molecule has 1 heterocycles. The fourth-order valence-electron chi connectivity index (χ4n) is 2.14. The minimum atomic E-state index is -0.276. The zero-order chi connectivity index (χ0) is 16.2. The number of carbonyl (C=O) groups is 1. The molecule has 3 rings (SSSR count). The number of hydrogen-bond acceptors (Lipinski definition) is 3. The van der Waals surface area contributed by atoms with Gasteiger partial charge in [-0.05, 0) is 61.0 Å². The Labute approximate surface area is 139 Å². The van der Waals surface area contributed by atoms with Crippen LogP contribution < -0.4 is 10.6 Å². The van der Waals surface area contributed by atoms with Crippen LogP contribution in [0.2, 0.25) is 5.02 Å². The van der Waals surface area contributed by atoms with Gasteiger partial charge in [-0.15, -0.1) is 0 Å². The van der Waals surface area contributed by atoms with Crippen molar-refractivity contribution in [1.29, 1.82) is 0 Å². The molecule has 0 saturated carbocycles. The lowest BCUT2D eigenvalue weighted by Gasteiger charge is -2.11. The van der Waals surface area contributed by atoms with E-state index in [0.29, 0.717) is 5.69 Å². The normalized spacial score (nSPS) is 10.3. The molecule has 3 aromatic rings. The van der Waals surface area contributed by atoms with Crippen LogP contribution in [0.3, 0.4) is 0 Å². The Balaban J connectivity index is 1.70. The van der Waals surface area contributed by atoms with Gasteiger partial charge in [0.05, 0.1) is 6.26 Å². The number of rotatable bonds is 4. The molecule has 0 unspecified atom stereocenters. The molecule has 0 saturated heterocycles. The van der Waals surface area contributed by atoms with Crippen LogP contribution in [0.15, 0.2) is 65.3 Å². The van der Waals surface area contributed by atoms with Crippen molar-refractivity contribution in [2.45, 2.75) is 6.92 Å². The van der Waals surface area contributed by atoms with Gasteiger partial charge in [-0.25, -0.2) is 0 Å². The lowest BCUT2D eigenvalue weighted by atomic mass is 10.2. The zero-order valence-electron chi connectivity index (χ0n) is 12.5. The quantitative estimate of drug-likeness (QED) is 0.689. The summed E-state index contributed by atoms with van der Waals surface area (Å²) in [6.45, 7) is 1.96. The van der Waals surface area contributed by atoms with Crippen molar-refractivity contribution >= 4 is 34.6 Å². The standard InChI is InChI=1S/C18H15ClN2O2/c1-12-15(19)4-2-5-16(12)20-13-7-9-14(10-8-13)21-18(22)17-6-3-11-23-17/h2-11,20H,1H3,(H,21,22). The minimum absolute atomic E-state index is 0.276. The molecular formula is C18H15ClN2O2. The van der Waals surface area contributed by atoms with E-state index in [1.165, 1.54) is 6.26 Å². The number of benzene rings is 2. The van der Waals surface area contributed by atoms with E-state index in [1.54, 1.807) is 12.1 Å². The molecule has 0 aliphatic heterocycles. The van der Waals surface area contributed by atoms with Gasteiger partial charge >= 0.3 is 0 Å². The fraction of sp³-hybridized carbons (Fsp3) is 0.0556. The van der Waals surface area contributed by atoms with E-state index in [-0.39, 0.29) is 11.7 Å². The third-order valence-electron chi connectivity index (χ3n) is 3.43. The number of furan rings is 1. The third kappa shape index (κ3) is 3.55. The summed E-state index contributed by atoms with van der Waals surface area (Å²) in [6.07, 6.45) is 1.47. The van der Waals surface area contributed by atoms with Crippen LogP contribution in [0.4, 0.5) is 17.1 Å². The highest BCUT2D eigenvalue weighted by atomic mass is 35.5. The molecule has 0 aliphatic rings. The van der Waals surface area contributed by atoms with Gasteiger partial charge in [0.25, 0.3) is 5.91 Å². The number of anilines is 3. The number of carbonyl (C=O) groups excluding carboxylic acids is 1. The van der Waals surface area contributed by atoms with Crippen LogP contribution in [-0.4, -0.2) is 5.91 Å². The Bertz CT molecular complexity index is 812. The minimum Gasteiger partial charge on any atom is -0.459 e. The first kappa shape index (κ1) is 15.2. The molecule has 4 nitrogen and oxygen atoms in total. The molecule has 0 atom stereocenters. The number of halogens is 1. The van der Waals surface area contributed by atoms with Crippen molar-refractivity contribution < 1.29 is 9.21 Å². The molecule has 2 aromatic carbocycles. The van der Waals surface area contributed by atoms with E-state index in [9.17, 15) is 4.79 Å². The molecule has 23 heavy (non-hydrogen) atoms. The van der Waals surface area contributed by atoms with Crippen LogP contribution >= 0.6 is 11.6 Å². The largest absolute Gasteiger partial charge is 0.459 e. The Morgan fingerprint density at radius 3 is 2.43 bits per heavy atom. The topological polar surface area (TPSA) is 54.3 Å². The van der Waals surface area contributed by atoms with Gasteiger partial charge in [-0.1, -0.05) is 17.7 Å². The molecule has 1 amide bonds. The lowest BCUT2D eigenvalue weighted by molar-refractivity contribution is 0.0996. The highest BCUT2D eigenvalue weighted by Crippen LogP contribution is 2.26. The summed E-state index contributed by atoms with van der Waals surface area (Å²) in [4.78, 5) is 11.9. The van der Waals surface area contributed by atoms with Gasteiger partial charge in [-0.3, -0.25) is 4.79 Å². The number of hydrogen-bond donors (Lipinski definition) is 2. The molecule has 116 valence electrons. The van der Waals surface area contributed by atoms with E-state index in [0.717, 1.165) is 22.0 Å². The van der Waals surface area contributed by atoms with E-state index >= 15 is 0 Å². The summed E-state index contributed by atoms with van der Waals surface area (Å²) in [5.74, 6) is 0.00292. The Morgan fingerprint density at radius 1 is 1.00 bits per heavy atom. The van der Waals surface area contributed by atoms with Gasteiger partial charge in [0.1, 0.15) is 0 Å². The lowest BCUT2D eigenvalue weighted by Crippen LogP contribution is -2.10. The van der Waals surface area contributed by atoms with Gasteiger partial charge in [0, 0.05) is 22.1 Å². The molecule has 0 fully saturated rings. The highest BCUT2D eigenvalue weighted by molar-refractivity contribution is 6.31. The monoisotopic (exact) mass is 326 g/mol. The number of nitrogens with one attached hydrogen (secondary N) is 2. The molecule has 1 aromatic heterocycles. The smallest absolute Gasteiger partial charge is 0.291 e. The molecule has 0 bridgehead atoms. The zero-order valence-corrected chi connectivity index (χ0v) is 13.2. The van der Waals surface area contributed by atoms with Crippen LogP contribution in [0.5, 0.6) is 0 Å². The first-order valence-corrected chi connectivity index (χ1v) is 7.48. The van der Waals surface area contributed by atoms with Crippen molar-refractivity contribution in [2.24, 2.45) is 0 Å². The molecule has 2 N–H and O–H groups in total. The predicted octanol–water partition coefficient (Wildman–Crippen LogP) is 5.24. The average Bonchev–Trinajstić information content (AvgIpc) is 3.08. The van der Waals surface area contributed by atoms with Gasteiger partial charge in [0.2, 0.25) is 0 Å². The molecule has 5 heteroatoms. The summed E-state index contributed by atoms with van der Waals surface area (Å²) < 4.78 is 5.06. The predicted molar refractivity (Wildman–Crippen MR) is 92.6 cm³/mol. The summed E-state index contributed by atoms with van der Waals surface area (Å²) in [5.41, 5.74) is 3.54. The maximum absolute atomic E-state index is 11.9. The van der Waals surface area contributed by atoms with Gasteiger partial charge < -0.3 is 15.1 Å². The van der Waals surface area contributed by atoms with Gasteiger partial charge in [0.15, 0.2) is 5.76 Å². The molecular weight excluding hydrogens is 312 g/mol. The summed E-state index contributed by atoms with van der Waals surface area (Å²) in [6, 6.07) is 16.4. The summed E-state index contributed by atoms with van der Waals surface area (Å²) in [7, 11) is 0. The first-order chi connectivity index (χ1) is 11.1. The van der Waals surface area contributed by atoms with Crippen LogP contribution in [0, 0.1) is 6.92 Å². The van der Waals surface area contributed by atoms with Crippen LogP contribution in [0.25, 0.3) is 0 Å². The maximum Gasteiger partial charge on any atom is 0.291 e. The van der Waals surface area contributed by atoms with Crippen molar-refractivity contribution in [2.75, 3.05) is 10.6 Å². The Morgan fingerprint density at radius 2 is 1.74 bits per heavy atom. The SMILES string of the molecule is Cc1c(Cl)cccc1Nc1ccc(NC(=O)c2ccco2)cc1. The van der Waals surface area contributed by atoms with E-state index in [4.69, 9.17) is 16.0 Å². The summed E-state index contributed by atoms with van der Waals surface area (Å²) >= 11 is 6.12. The van der Waals surface area contributed by atoms with Gasteiger partial charge in [-0.2, -0.15) is 0 Å². The van der Waals surface area contributed by atoms with Crippen LogP contribution in [-0.2, 0) is 0 Å². The fourth-order valence-corrected chi connectivity index (χ4v) is 2.31. The van der Waals surface area contributed by atoms with Crippen molar-refractivity contribution in [3.63, 3.8) is 0 Å². The van der Waals surface area contributed by atoms with Crippen LogP contribution in [0.1, 0.15) is 16.1 Å². The second-order valence-corrected chi connectivity index (χ2v) is 5.45. The van der Waals surface area contributed by atoms with E-state index in [2.05, 4.69) is 10.6 Å². The molecule has 0 spiro atoms. The maximum atomic E-state index is 11.9. The average molecular weight is 327 g/mol. The van der Waals surface area contributed by atoms with Crippen molar-refractivity contribution in [3.05, 3.63) is 77.2 Å². The second-order valence-electron chi connectivity index (χ2n) is 5.05.